The number of benzene rings is 1. The molecule has 3 nitrogen and oxygen atoms in total. The molecule has 0 saturated carbocycles. The van der Waals surface area contributed by atoms with Crippen molar-refractivity contribution >= 4 is 10.8 Å². The maximum absolute atomic E-state index is 13.1. The molecule has 0 atom stereocenters. The highest BCUT2D eigenvalue weighted by Gasteiger charge is 2.17. The van der Waals surface area contributed by atoms with Gasteiger partial charge in [-0.1, -0.05) is 0 Å². The van der Waals surface area contributed by atoms with Crippen LogP contribution in [-0.4, -0.2) is 21.8 Å². The second kappa shape index (κ2) is 6.07. The van der Waals surface area contributed by atoms with E-state index in [9.17, 15) is 8.60 Å². The van der Waals surface area contributed by atoms with E-state index in [0.29, 0.717) is 23.7 Å². The summed E-state index contributed by atoms with van der Waals surface area (Å²) < 4.78 is 24.3. The van der Waals surface area contributed by atoms with Gasteiger partial charge in [-0.15, -0.1) is 0 Å². The molecule has 1 aromatic rings. The molecule has 1 fully saturated rings. The smallest absolute Gasteiger partial charge is 0.123 e. The van der Waals surface area contributed by atoms with Crippen molar-refractivity contribution in [2.24, 2.45) is 0 Å². The molecule has 1 saturated heterocycles. The molecule has 1 N–H and O–H groups in total. The molecule has 1 aliphatic rings. The molecule has 0 aliphatic carbocycles. The van der Waals surface area contributed by atoms with Gasteiger partial charge in [-0.25, -0.2) is 4.39 Å². The minimum Gasteiger partial charge on any atom is -0.310 e. The minimum atomic E-state index is -0.671. The third-order valence-electron chi connectivity index (χ3n) is 3.16. The highest BCUT2D eigenvalue weighted by Crippen LogP contribution is 2.13. The molecule has 0 amide bonds. The van der Waals surface area contributed by atoms with Crippen molar-refractivity contribution in [3.05, 3.63) is 35.1 Å². The first-order valence-corrected chi connectivity index (χ1v) is 7.44. The normalized spacial score (nSPS) is 23.6. The number of nitrogens with one attached hydrogen (secondary N) is 1. The lowest BCUT2D eigenvalue weighted by Gasteiger charge is -2.22. The quantitative estimate of drug-likeness (QED) is 0.906. The molecule has 0 spiro atoms. The van der Waals surface area contributed by atoms with E-state index in [1.807, 2.05) is 0 Å². The Bertz CT molecular complexity index is 488. The molecule has 0 radical (unpaired) electrons. The van der Waals surface area contributed by atoms with Gasteiger partial charge in [0.15, 0.2) is 0 Å². The molecule has 0 aromatic heterocycles. The van der Waals surface area contributed by atoms with Crippen molar-refractivity contribution in [3.8, 4) is 6.07 Å². The first kappa shape index (κ1) is 13.2. The van der Waals surface area contributed by atoms with Crippen LogP contribution >= 0.6 is 0 Å². The number of hydrogen-bond acceptors (Lipinski definition) is 3. The predicted molar refractivity (Wildman–Crippen MR) is 68.9 cm³/mol. The Kier molecular flexibility index (Phi) is 4.45. The first-order valence-electron chi connectivity index (χ1n) is 5.96. The highest BCUT2D eigenvalue weighted by molar-refractivity contribution is 7.85. The van der Waals surface area contributed by atoms with Crippen LogP contribution in [0.5, 0.6) is 0 Å². The molecule has 1 aromatic carbocycles. The van der Waals surface area contributed by atoms with Crippen LogP contribution in [-0.2, 0) is 17.3 Å². The van der Waals surface area contributed by atoms with E-state index in [4.69, 9.17) is 5.26 Å². The Balaban J connectivity index is 1.96. The van der Waals surface area contributed by atoms with E-state index in [1.165, 1.54) is 18.2 Å². The molecule has 5 heteroatoms. The monoisotopic (exact) mass is 266 g/mol. The van der Waals surface area contributed by atoms with Crippen molar-refractivity contribution in [3.63, 3.8) is 0 Å². The SMILES string of the molecule is N#Cc1ccc(F)cc1CNC1CCS(=O)CC1. The van der Waals surface area contributed by atoms with E-state index in [-0.39, 0.29) is 5.82 Å². The average molecular weight is 266 g/mol. The Hall–Kier alpha value is -1.25. The number of halogens is 1. The summed E-state index contributed by atoms with van der Waals surface area (Å²) in [6.45, 7) is 0.484. The molecular formula is C13H15FN2OS. The molecular weight excluding hydrogens is 251 g/mol. The third-order valence-corrected chi connectivity index (χ3v) is 4.54. The second-order valence-corrected chi connectivity index (χ2v) is 6.11. The fraction of sp³-hybridized carbons (Fsp3) is 0.462. The largest absolute Gasteiger partial charge is 0.310 e. The second-order valence-electron chi connectivity index (χ2n) is 4.42. The summed E-state index contributed by atoms with van der Waals surface area (Å²) in [5.74, 6) is 1.13. The van der Waals surface area contributed by atoms with Crippen molar-refractivity contribution in [2.75, 3.05) is 11.5 Å². The van der Waals surface area contributed by atoms with Gasteiger partial charge in [0.25, 0.3) is 0 Å². The van der Waals surface area contributed by atoms with Gasteiger partial charge in [0.2, 0.25) is 0 Å². The number of rotatable bonds is 3. The molecule has 0 bridgehead atoms. The van der Waals surface area contributed by atoms with Gasteiger partial charge in [-0.2, -0.15) is 5.26 Å². The maximum Gasteiger partial charge on any atom is 0.123 e. The first-order chi connectivity index (χ1) is 8.69. The summed E-state index contributed by atoms with van der Waals surface area (Å²) >= 11 is 0. The van der Waals surface area contributed by atoms with Gasteiger partial charge >= 0.3 is 0 Å². The number of nitriles is 1. The Labute approximate surface area is 108 Å². The van der Waals surface area contributed by atoms with Crippen LogP contribution in [0.15, 0.2) is 18.2 Å². The van der Waals surface area contributed by atoms with Crippen molar-refractivity contribution in [1.29, 1.82) is 5.26 Å². The molecule has 18 heavy (non-hydrogen) atoms. The van der Waals surface area contributed by atoms with E-state index < -0.39 is 10.8 Å². The summed E-state index contributed by atoms with van der Waals surface area (Å²) in [6.07, 6.45) is 1.76. The van der Waals surface area contributed by atoms with Crippen molar-refractivity contribution in [2.45, 2.75) is 25.4 Å². The zero-order chi connectivity index (χ0) is 13.0. The van der Waals surface area contributed by atoms with Crippen LogP contribution in [0.4, 0.5) is 4.39 Å². The summed E-state index contributed by atoms with van der Waals surface area (Å²) in [5, 5.41) is 12.2. The fourth-order valence-corrected chi connectivity index (χ4v) is 3.37. The van der Waals surface area contributed by atoms with E-state index in [1.54, 1.807) is 0 Å². The topological polar surface area (TPSA) is 52.9 Å². The van der Waals surface area contributed by atoms with E-state index >= 15 is 0 Å². The standard InChI is InChI=1S/C13H15FN2OS/c14-12-2-1-10(8-15)11(7-12)9-16-13-3-5-18(17)6-4-13/h1-2,7,13,16H,3-6,9H2. The van der Waals surface area contributed by atoms with Crippen molar-refractivity contribution < 1.29 is 8.60 Å². The van der Waals surface area contributed by atoms with Crippen LogP contribution in [0.3, 0.4) is 0 Å². The lowest BCUT2D eigenvalue weighted by molar-refractivity contribution is 0.474. The van der Waals surface area contributed by atoms with E-state index in [2.05, 4.69) is 11.4 Å². The van der Waals surface area contributed by atoms with Crippen LogP contribution in [0, 0.1) is 17.1 Å². The maximum atomic E-state index is 13.1. The average Bonchev–Trinajstić information content (AvgIpc) is 2.38. The van der Waals surface area contributed by atoms with Gasteiger partial charge in [-0.05, 0) is 36.6 Å². The van der Waals surface area contributed by atoms with Crippen LogP contribution < -0.4 is 5.32 Å². The Morgan fingerprint density at radius 1 is 1.44 bits per heavy atom. The minimum absolute atomic E-state index is 0.317. The van der Waals surface area contributed by atoms with Crippen LogP contribution in [0.25, 0.3) is 0 Å². The zero-order valence-corrected chi connectivity index (χ0v) is 10.8. The van der Waals surface area contributed by atoms with Gasteiger partial charge in [0.05, 0.1) is 11.6 Å². The number of nitrogens with zero attached hydrogens (tertiary/aromatic N) is 1. The third kappa shape index (κ3) is 3.37. The summed E-state index contributed by atoms with van der Waals surface area (Å²) in [4.78, 5) is 0. The Morgan fingerprint density at radius 2 is 2.17 bits per heavy atom. The van der Waals surface area contributed by atoms with E-state index in [0.717, 1.165) is 24.3 Å². The lowest BCUT2D eigenvalue weighted by Crippen LogP contribution is -2.35. The highest BCUT2D eigenvalue weighted by atomic mass is 32.2. The van der Waals surface area contributed by atoms with Gasteiger partial charge in [0, 0.05) is 34.9 Å². The fourth-order valence-electron chi connectivity index (χ4n) is 2.07. The molecule has 0 unspecified atom stereocenters. The van der Waals surface area contributed by atoms with Crippen LogP contribution in [0.1, 0.15) is 24.0 Å². The number of hydrogen-bond donors (Lipinski definition) is 1. The van der Waals surface area contributed by atoms with Gasteiger partial charge < -0.3 is 5.32 Å². The summed E-state index contributed by atoms with van der Waals surface area (Å²) in [5.41, 5.74) is 1.19. The zero-order valence-electron chi connectivity index (χ0n) is 9.99. The Morgan fingerprint density at radius 3 is 2.83 bits per heavy atom. The van der Waals surface area contributed by atoms with Crippen molar-refractivity contribution in [1.82, 2.24) is 5.32 Å². The molecule has 2 rings (SSSR count). The van der Waals surface area contributed by atoms with Gasteiger partial charge in [0.1, 0.15) is 5.82 Å². The van der Waals surface area contributed by atoms with Gasteiger partial charge in [-0.3, -0.25) is 4.21 Å². The summed E-state index contributed by atoms with van der Waals surface area (Å²) in [7, 11) is -0.671. The molecule has 96 valence electrons. The molecule has 1 aliphatic heterocycles. The molecule has 1 heterocycles. The van der Waals surface area contributed by atoms with Crippen LogP contribution in [0.2, 0.25) is 0 Å². The predicted octanol–water partition coefficient (Wildman–Crippen LogP) is 1.70. The lowest BCUT2D eigenvalue weighted by atomic mass is 10.1. The summed E-state index contributed by atoms with van der Waals surface area (Å²) in [6, 6.07) is 6.57.